The molecular weight excluding hydrogens is 242 g/mol. The summed E-state index contributed by atoms with van der Waals surface area (Å²) in [5.41, 5.74) is -0.129. The summed E-state index contributed by atoms with van der Waals surface area (Å²) in [5.74, 6) is 0.258. The molecule has 1 aliphatic carbocycles. The molecule has 3 fully saturated rings. The van der Waals surface area contributed by atoms with Gasteiger partial charge in [-0.2, -0.15) is 0 Å². The molecule has 4 heteroatoms. The van der Waals surface area contributed by atoms with Gasteiger partial charge >= 0.3 is 0 Å². The fourth-order valence-electron chi connectivity index (χ4n) is 3.14. The van der Waals surface area contributed by atoms with E-state index >= 15 is 0 Å². The van der Waals surface area contributed by atoms with Crippen molar-refractivity contribution in [3.8, 4) is 0 Å². The van der Waals surface area contributed by atoms with Gasteiger partial charge in [0.05, 0.1) is 18.5 Å². The van der Waals surface area contributed by atoms with Gasteiger partial charge in [-0.05, 0) is 47.7 Å². The maximum atomic E-state index is 12.4. The van der Waals surface area contributed by atoms with Crippen LogP contribution >= 0.6 is 0 Å². The average molecular weight is 267 g/mol. The highest BCUT2D eigenvalue weighted by atomic mass is 16.5. The zero-order chi connectivity index (χ0) is 14.3. The van der Waals surface area contributed by atoms with Crippen LogP contribution < -0.4 is 0 Å². The molecule has 0 amide bonds. The minimum Gasteiger partial charge on any atom is -0.499 e. The predicted molar refractivity (Wildman–Crippen MR) is 73.9 cm³/mol. The lowest BCUT2D eigenvalue weighted by atomic mass is 9.65. The summed E-state index contributed by atoms with van der Waals surface area (Å²) in [6, 6.07) is 0. The van der Waals surface area contributed by atoms with E-state index in [2.05, 4.69) is 18.7 Å². The van der Waals surface area contributed by atoms with Gasteiger partial charge in [0.15, 0.2) is 5.78 Å². The number of ketones is 1. The first-order valence-corrected chi connectivity index (χ1v) is 6.98. The molecule has 0 unspecified atom stereocenters. The first-order chi connectivity index (χ1) is 8.76. The molecule has 2 atom stereocenters. The normalized spacial score (nSPS) is 35.2. The summed E-state index contributed by atoms with van der Waals surface area (Å²) in [6.07, 6.45) is 3.49. The van der Waals surface area contributed by atoms with Crippen molar-refractivity contribution < 1.29 is 14.3 Å². The molecule has 0 aromatic carbocycles. The summed E-state index contributed by atoms with van der Waals surface area (Å²) in [4.78, 5) is 14.5. The van der Waals surface area contributed by atoms with Gasteiger partial charge in [0, 0.05) is 18.0 Å². The third kappa shape index (κ3) is 2.70. The molecule has 2 aliphatic heterocycles. The van der Waals surface area contributed by atoms with Crippen molar-refractivity contribution in [2.75, 3.05) is 27.2 Å². The summed E-state index contributed by atoms with van der Waals surface area (Å²) < 4.78 is 11.6. The van der Waals surface area contributed by atoms with Crippen LogP contribution in [0, 0.1) is 5.92 Å². The first-order valence-electron chi connectivity index (χ1n) is 6.98. The Morgan fingerprint density at radius 3 is 2.68 bits per heavy atom. The molecule has 0 aromatic heterocycles. The third-order valence-electron chi connectivity index (χ3n) is 4.22. The van der Waals surface area contributed by atoms with E-state index < -0.39 is 5.60 Å². The standard InChI is InChI=1S/C15H25NO3/c1-14(2)12-6-7-15(3,19-14)13(17)11(12)10-18-9-8-16(4)5/h10,12H,6-9H2,1-5H3/b11-10-/t12-,15+/m1/s1. The van der Waals surface area contributed by atoms with Gasteiger partial charge in [-0.1, -0.05) is 0 Å². The zero-order valence-electron chi connectivity index (χ0n) is 12.7. The number of fused-ring (bicyclic) bond motifs is 3. The van der Waals surface area contributed by atoms with E-state index in [9.17, 15) is 4.79 Å². The van der Waals surface area contributed by atoms with E-state index in [1.165, 1.54) is 0 Å². The van der Waals surface area contributed by atoms with Crippen LogP contribution in [0.25, 0.3) is 0 Å². The summed E-state index contributed by atoms with van der Waals surface area (Å²) in [6.45, 7) is 7.48. The lowest BCUT2D eigenvalue weighted by Crippen LogP contribution is -2.60. The molecule has 0 N–H and O–H groups in total. The topological polar surface area (TPSA) is 38.8 Å². The maximum Gasteiger partial charge on any atom is 0.193 e. The number of carbonyl (C=O) groups excluding carboxylic acids is 1. The van der Waals surface area contributed by atoms with Gasteiger partial charge in [-0.15, -0.1) is 0 Å². The van der Waals surface area contributed by atoms with Crippen molar-refractivity contribution in [1.82, 2.24) is 4.90 Å². The van der Waals surface area contributed by atoms with Gasteiger partial charge in [-0.3, -0.25) is 4.79 Å². The number of ether oxygens (including phenoxy) is 2. The smallest absolute Gasteiger partial charge is 0.193 e. The van der Waals surface area contributed by atoms with Gasteiger partial charge in [0.25, 0.3) is 0 Å². The molecule has 0 radical (unpaired) electrons. The van der Waals surface area contributed by atoms with Crippen molar-refractivity contribution >= 4 is 5.78 Å². The molecule has 0 spiro atoms. The highest BCUT2D eigenvalue weighted by Gasteiger charge is 2.56. The van der Waals surface area contributed by atoms with Gasteiger partial charge < -0.3 is 14.4 Å². The maximum absolute atomic E-state index is 12.4. The van der Waals surface area contributed by atoms with Crippen LogP contribution in [0.15, 0.2) is 11.8 Å². The fourth-order valence-corrected chi connectivity index (χ4v) is 3.14. The monoisotopic (exact) mass is 267 g/mol. The van der Waals surface area contributed by atoms with Crippen LogP contribution in [0.5, 0.6) is 0 Å². The van der Waals surface area contributed by atoms with Gasteiger partial charge in [0.2, 0.25) is 0 Å². The average Bonchev–Trinajstić information content (AvgIpc) is 2.27. The Bertz CT molecular complexity index is 400. The molecule has 2 saturated heterocycles. The lowest BCUT2D eigenvalue weighted by Gasteiger charge is -2.53. The summed E-state index contributed by atoms with van der Waals surface area (Å²) >= 11 is 0. The van der Waals surface area contributed by atoms with Crippen LogP contribution in [-0.4, -0.2) is 49.1 Å². The van der Waals surface area contributed by atoms with Crippen molar-refractivity contribution in [2.24, 2.45) is 5.92 Å². The van der Waals surface area contributed by atoms with E-state index in [1.54, 1.807) is 6.26 Å². The third-order valence-corrected chi connectivity index (χ3v) is 4.22. The fraction of sp³-hybridized carbons (Fsp3) is 0.800. The van der Waals surface area contributed by atoms with Crippen molar-refractivity contribution in [3.05, 3.63) is 11.8 Å². The lowest BCUT2D eigenvalue weighted by molar-refractivity contribution is -0.207. The number of carbonyl (C=O) groups is 1. The largest absolute Gasteiger partial charge is 0.499 e. The van der Waals surface area contributed by atoms with E-state index in [0.717, 1.165) is 25.0 Å². The molecule has 2 bridgehead atoms. The number of nitrogens with zero attached hydrogens (tertiary/aromatic N) is 1. The quantitative estimate of drug-likeness (QED) is 0.443. The SMILES string of the molecule is CN(C)CCO/C=C1\C(=O)[C@]2(C)CC[C@H]1C(C)(C)O2. The molecule has 0 aromatic rings. The second kappa shape index (κ2) is 4.91. The minimum atomic E-state index is -0.658. The number of rotatable bonds is 4. The van der Waals surface area contributed by atoms with Crippen LogP contribution in [-0.2, 0) is 14.3 Å². The Labute approximate surface area is 115 Å². The summed E-state index contributed by atoms with van der Waals surface area (Å²) in [7, 11) is 4.00. The molecule has 108 valence electrons. The highest BCUT2D eigenvalue weighted by molar-refractivity contribution is 6.03. The number of Topliss-reactive ketones (excluding diaryl/α,β-unsaturated/α-hetero) is 1. The molecule has 19 heavy (non-hydrogen) atoms. The Morgan fingerprint density at radius 2 is 2.11 bits per heavy atom. The van der Waals surface area contributed by atoms with Crippen LogP contribution in [0.2, 0.25) is 0 Å². The second-order valence-corrected chi connectivity index (χ2v) is 6.60. The van der Waals surface area contributed by atoms with E-state index in [-0.39, 0.29) is 17.3 Å². The Morgan fingerprint density at radius 1 is 1.42 bits per heavy atom. The highest BCUT2D eigenvalue weighted by Crippen LogP contribution is 2.50. The molecule has 3 rings (SSSR count). The van der Waals surface area contributed by atoms with Gasteiger partial charge in [-0.25, -0.2) is 0 Å². The molecule has 3 aliphatic rings. The van der Waals surface area contributed by atoms with Crippen LogP contribution in [0.4, 0.5) is 0 Å². The van der Waals surface area contributed by atoms with Gasteiger partial charge in [0.1, 0.15) is 5.60 Å². The van der Waals surface area contributed by atoms with Crippen molar-refractivity contribution in [1.29, 1.82) is 0 Å². The number of hydrogen-bond donors (Lipinski definition) is 0. The molecular formula is C15H25NO3. The van der Waals surface area contributed by atoms with E-state index in [4.69, 9.17) is 9.47 Å². The second-order valence-electron chi connectivity index (χ2n) is 6.60. The number of hydrogen-bond acceptors (Lipinski definition) is 4. The molecule has 1 saturated carbocycles. The zero-order valence-corrected chi connectivity index (χ0v) is 12.7. The van der Waals surface area contributed by atoms with E-state index in [0.29, 0.717) is 6.61 Å². The Balaban J connectivity index is 2.11. The van der Waals surface area contributed by atoms with Crippen molar-refractivity contribution in [2.45, 2.75) is 44.8 Å². The molecule has 2 heterocycles. The van der Waals surface area contributed by atoms with Crippen LogP contribution in [0.3, 0.4) is 0 Å². The predicted octanol–water partition coefficient (Wildman–Crippen LogP) is 2.00. The van der Waals surface area contributed by atoms with Crippen LogP contribution in [0.1, 0.15) is 33.6 Å². The number of likely N-dealkylation sites (N-methyl/N-ethyl adjacent to an activating group) is 1. The Hall–Kier alpha value is -0.870. The minimum absolute atomic E-state index is 0.105. The summed E-state index contributed by atoms with van der Waals surface area (Å²) in [5, 5.41) is 0. The van der Waals surface area contributed by atoms with Crippen molar-refractivity contribution in [3.63, 3.8) is 0 Å². The Kier molecular flexibility index (Phi) is 3.76. The first kappa shape index (κ1) is 14.5. The molecule has 4 nitrogen and oxygen atoms in total. The van der Waals surface area contributed by atoms with E-state index in [1.807, 2.05) is 21.0 Å².